The Bertz CT molecular complexity index is 713. The molecule has 1 aliphatic heterocycles. The Balaban J connectivity index is 1.50. The molecule has 0 spiro atoms. The lowest BCUT2D eigenvalue weighted by Crippen LogP contribution is -2.50. The molecule has 0 N–H and O–H groups in total. The van der Waals surface area contributed by atoms with Crippen LogP contribution in [0.25, 0.3) is 0 Å². The van der Waals surface area contributed by atoms with Crippen molar-refractivity contribution < 1.29 is 9.53 Å². The number of amides is 1. The van der Waals surface area contributed by atoms with E-state index in [0.29, 0.717) is 18.1 Å². The van der Waals surface area contributed by atoms with Gasteiger partial charge in [0.15, 0.2) is 6.61 Å². The van der Waals surface area contributed by atoms with E-state index in [1.807, 2.05) is 41.3 Å². The number of carbonyl (C=O) groups is 1. The molecule has 5 nitrogen and oxygen atoms in total. The molecule has 0 bridgehead atoms. The summed E-state index contributed by atoms with van der Waals surface area (Å²) in [6.45, 7) is 5.01. The number of rotatable bonds is 5. The maximum Gasteiger partial charge on any atom is 0.260 e. The fourth-order valence-electron chi connectivity index (χ4n) is 2.91. The summed E-state index contributed by atoms with van der Waals surface area (Å²) in [7, 11) is 0. The van der Waals surface area contributed by atoms with Crippen molar-refractivity contribution in [3.8, 4) is 5.75 Å². The molecule has 0 saturated carbocycles. The highest BCUT2D eigenvalue weighted by molar-refractivity contribution is 6.30. The first-order valence-corrected chi connectivity index (χ1v) is 8.90. The van der Waals surface area contributed by atoms with Crippen molar-refractivity contribution in [1.29, 1.82) is 0 Å². The van der Waals surface area contributed by atoms with Crippen LogP contribution in [0.4, 0.5) is 5.82 Å². The fraction of sp³-hybridized carbons (Fsp3) is 0.368. The Kier molecular flexibility index (Phi) is 5.76. The third kappa shape index (κ3) is 4.42. The van der Waals surface area contributed by atoms with E-state index < -0.39 is 0 Å². The number of hydrogen-bond donors (Lipinski definition) is 0. The van der Waals surface area contributed by atoms with E-state index in [9.17, 15) is 4.79 Å². The first-order valence-electron chi connectivity index (χ1n) is 8.52. The number of ether oxygens (including phenoxy) is 1. The quantitative estimate of drug-likeness (QED) is 0.823. The van der Waals surface area contributed by atoms with Crippen molar-refractivity contribution in [2.75, 3.05) is 37.7 Å². The van der Waals surface area contributed by atoms with Crippen molar-refractivity contribution in [3.63, 3.8) is 0 Å². The molecule has 1 aromatic heterocycles. The van der Waals surface area contributed by atoms with Gasteiger partial charge < -0.3 is 14.5 Å². The van der Waals surface area contributed by atoms with Gasteiger partial charge in [0.25, 0.3) is 5.91 Å². The maximum atomic E-state index is 12.4. The average molecular weight is 360 g/mol. The van der Waals surface area contributed by atoms with Crippen LogP contribution in [0.5, 0.6) is 5.75 Å². The van der Waals surface area contributed by atoms with E-state index in [2.05, 4.69) is 16.8 Å². The summed E-state index contributed by atoms with van der Waals surface area (Å²) in [4.78, 5) is 20.7. The van der Waals surface area contributed by atoms with E-state index in [4.69, 9.17) is 16.3 Å². The zero-order valence-corrected chi connectivity index (χ0v) is 15.1. The van der Waals surface area contributed by atoms with Gasteiger partial charge in [-0.05, 0) is 30.2 Å². The highest BCUT2D eigenvalue weighted by atomic mass is 35.5. The largest absolute Gasteiger partial charge is 0.483 e. The normalized spacial score (nSPS) is 14.5. The highest BCUT2D eigenvalue weighted by Gasteiger charge is 2.22. The van der Waals surface area contributed by atoms with Gasteiger partial charge in [-0.2, -0.15) is 0 Å². The summed E-state index contributed by atoms with van der Waals surface area (Å²) < 4.78 is 5.74. The van der Waals surface area contributed by atoms with Gasteiger partial charge >= 0.3 is 0 Å². The van der Waals surface area contributed by atoms with Gasteiger partial charge in [0.1, 0.15) is 11.6 Å². The first-order chi connectivity index (χ1) is 12.2. The molecule has 0 aliphatic carbocycles. The summed E-state index contributed by atoms with van der Waals surface area (Å²) in [6.07, 6.45) is 2.53. The van der Waals surface area contributed by atoms with Gasteiger partial charge in [0.05, 0.1) is 5.02 Å². The van der Waals surface area contributed by atoms with Gasteiger partial charge in [0, 0.05) is 32.4 Å². The number of nitrogens with zero attached hydrogens (tertiary/aromatic N) is 3. The second-order valence-electron chi connectivity index (χ2n) is 5.95. The minimum atomic E-state index is 0.0228. The number of pyridine rings is 1. The highest BCUT2D eigenvalue weighted by Crippen LogP contribution is 2.19. The molecule has 132 valence electrons. The number of para-hydroxylation sites is 1. The van der Waals surface area contributed by atoms with Crippen LogP contribution in [-0.4, -0.2) is 48.6 Å². The van der Waals surface area contributed by atoms with Crippen LogP contribution in [0, 0.1) is 0 Å². The van der Waals surface area contributed by atoms with Crippen molar-refractivity contribution in [1.82, 2.24) is 9.88 Å². The van der Waals surface area contributed by atoms with Crippen molar-refractivity contribution in [3.05, 3.63) is 53.2 Å². The van der Waals surface area contributed by atoms with Crippen LogP contribution in [0.3, 0.4) is 0 Å². The molecule has 1 saturated heterocycles. The molecule has 1 fully saturated rings. The summed E-state index contributed by atoms with van der Waals surface area (Å²) in [5.41, 5.74) is 1.12. The van der Waals surface area contributed by atoms with Crippen LogP contribution >= 0.6 is 11.6 Å². The molecule has 1 amide bonds. The van der Waals surface area contributed by atoms with Crippen LogP contribution < -0.4 is 9.64 Å². The second kappa shape index (κ2) is 8.21. The zero-order chi connectivity index (χ0) is 17.6. The Labute approximate surface area is 153 Å². The van der Waals surface area contributed by atoms with Gasteiger partial charge in [-0.15, -0.1) is 0 Å². The molecule has 0 atom stereocenters. The van der Waals surface area contributed by atoms with Crippen LogP contribution in [0.2, 0.25) is 5.02 Å². The first kappa shape index (κ1) is 17.5. The van der Waals surface area contributed by atoms with E-state index >= 15 is 0 Å². The average Bonchev–Trinajstić information content (AvgIpc) is 2.67. The van der Waals surface area contributed by atoms with Gasteiger partial charge in [-0.3, -0.25) is 4.79 Å². The number of aryl methyl sites for hydroxylation is 1. The van der Waals surface area contributed by atoms with Gasteiger partial charge in [-0.25, -0.2) is 4.98 Å². The predicted molar refractivity (Wildman–Crippen MR) is 99.4 cm³/mol. The lowest BCUT2D eigenvalue weighted by Gasteiger charge is -2.35. The van der Waals surface area contributed by atoms with Crippen LogP contribution in [0.1, 0.15) is 12.5 Å². The molecular weight excluding hydrogens is 338 g/mol. The summed E-state index contributed by atoms with van der Waals surface area (Å²) in [5, 5.41) is 0.627. The maximum absolute atomic E-state index is 12.4. The number of piperazine rings is 1. The van der Waals surface area contributed by atoms with E-state index in [1.165, 1.54) is 0 Å². The number of halogens is 1. The number of aromatic nitrogens is 1. The Morgan fingerprint density at radius 2 is 1.92 bits per heavy atom. The van der Waals surface area contributed by atoms with Crippen molar-refractivity contribution >= 4 is 23.3 Å². The monoisotopic (exact) mass is 359 g/mol. The van der Waals surface area contributed by atoms with Crippen LogP contribution in [-0.2, 0) is 11.2 Å². The molecule has 2 heterocycles. The summed E-state index contributed by atoms with van der Waals surface area (Å²) in [6, 6.07) is 11.6. The fourth-order valence-corrected chi connectivity index (χ4v) is 3.02. The van der Waals surface area contributed by atoms with Crippen LogP contribution in [0.15, 0.2) is 42.6 Å². The lowest BCUT2D eigenvalue weighted by atomic mass is 10.1. The number of hydrogen-bond acceptors (Lipinski definition) is 4. The molecule has 3 rings (SSSR count). The second-order valence-corrected chi connectivity index (χ2v) is 6.39. The molecule has 1 aliphatic rings. The topological polar surface area (TPSA) is 45.7 Å². The lowest BCUT2D eigenvalue weighted by molar-refractivity contribution is -0.133. The van der Waals surface area contributed by atoms with Gasteiger partial charge in [-0.1, -0.05) is 36.7 Å². The standard InChI is InChI=1S/C19H22ClN3O2/c1-2-15-5-3-4-6-17(15)25-14-19(24)23-11-9-22(10-12-23)18-8-7-16(20)13-21-18/h3-8,13H,2,9-12,14H2,1H3. The van der Waals surface area contributed by atoms with E-state index in [-0.39, 0.29) is 12.5 Å². The molecule has 25 heavy (non-hydrogen) atoms. The van der Waals surface area contributed by atoms with E-state index in [1.54, 1.807) is 6.20 Å². The summed E-state index contributed by atoms with van der Waals surface area (Å²) in [5.74, 6) is 1.71. The smallest absolute Gasteiger partial charge is 0.260 e. The Morgan fingerprint density at radius 3 is 2.60 bits per heavy atom. The van der Waals surface area contributed by atoms with Crippen molar-refractivity contribution in [2.24, 2.45) is 0 Å². The van der Waals surface area contributed by atoms with Gasteiger partial charge in [0.2, 0.25) is 0 Å². The van der Waals surface area contributed by atoms with E-state index in [0.717, 1.165) is 36.6 Å². The predicted octanol–water partition coefficient (Wildman–Crippen LogP) is 3.03. The third-order valence-electron chi connectivity index (χ3n) is 4.37. The molecule has 6 heteroatoms. The molecule has 2 aromatic rings. The number of benzene rings is 1. The molecule has 0 unspecified atom stereocenters. The summed E-state index contributed by atoms with van der Waals surface area (Å²) >= 11 is 5.87. The zero-order valence-electron chi connectivity index (χ0n) is 14.3. The number of carbonyl (C=O) groups excluding carboxylic acids is 1. The Morgan fingerprint density at radius 1 is 1.16 bits per heavy atom. The van der Waals surface area contributed by atoms with Crippen molar-refractivity contribution in [2.45, 2.75) is 13.3 Å². The molecule has 0 radical (unpaired) electrons. The Hall–Kier alpha value is -2.27. The number of anilines is 1. The SMILES string of the molecule is CCc1ccccc1OCC(=O)N1CCN(c2ccc(Cl)cn2)CC1. The third-order valence-corrected chi connectivity index (χ3v) is 4.60. The molecule has 1 aromatic carbocycles. The minimum Gasteiger partial charge on any atom is -0.483 e. The minimum absolute atomic E-state index is 0.0228. The molecular formula is C19H22ClN3O2.